The molecule has 2 amide bonds. The van der Waals surface area contributed by atoms with Crippen molar-refractivity contribution in [2.24, 2.45) is 0 Å². The second-order valence-electron chi connectivity index (χ2n) is 7.26. The number of rotatable bonds is 5. The maximum atomic E-state index is 13.9. The van der Waals surface area contributed by atoms with Gasteiger partial charge in [-0.3, -0.25) is 14.7 Å². The average Bonchev–Trinajstić information content (AvgIpc) is 3.22. The van der Waals surface area contributed by atoms with Crippen molar-refractivity contribution in [1.29, 1.82) is 0 Å². The van der Waals surface area contributed by atoms with Gasteiger partial charge >= 0.3 is 0 Å². The molecule has 1 aliphatic rings. The average molecular weight is 461 g/mol. The number of anilines is 2. The largest absolute Gasteiger partial charge is 0.356 e. The van der Waals surface area contributed by atoms with Gasteiger partial charge in [0.05, 0.1) is 11.9 Å². The predicted molar refractivity (Wildman–Crippen MR) is 115 cm³/mol. The van der Waals surface area contributed by atoms with Crippen molar-refractivity contribution in [1.82, 2.24) is 20.5 Å². The fourth-order valence-corrected chi connectivity index (χ4v) is 3.70. The molecule has 0 saturated carbocycles. The number of carbonyl (C=O) groups excluding carboxylic acids is 2. The predicted octanol–water partition coefficient (Wildman–Crippen LogP) is 3.39. The highest BCUT2D eigenvalue weighted by molar-refractivity contribution is 6.29. The van der Waals surface area contributed by atoms with Gasteiger partial charge in [0.25, 0.3) is 11.8 Å². The first-order valence-electron chi connectivity index (χ1n) is 9.89. The van der Waals surface area contributed by atoms with Crippen molar-refractivity contribution >= 4 is 34.9 Å². The molecule has 0 spiro atoms. The van der Waals surface area contributed by atoms with Gasteiger partial charge in [0.1, 0.15) is 33.9 Å². The molecule has 0 aliphatic carbocycles. The Morgan fingerprint density at radius 3 is 2.44 bits per heavy atom. The summed E-state index contributed by atoms with van der Waals surface area (Å²) in [6, 6.07) is 8.43. The molecule has 1 aliphatic heterocycles. The first kappa shape index (κ1) is 21.7. The zero-order valence-corrected chi connectivity index (χ0v) is 17.5. The quantitative estimate of drug-likeness (QED) is 0.506. The zero-order valence-electron chi connectivity index (χ0n) is 16.7. The van der Waals surface area contributed by atoms with E-state index in [-0.39, 0.29) is 17.4 Å². The minimum atomic E-state index is -1.02. The number of aromatic amines is 1. The molecule has 0 atom stereocenters. The zero-order chi connectivity index (χ0) is 22.7. The third-order valence-electron chi connectivity index (χ3n) is 5.16. The Morgan fingerprint density at radius 2 is 1.75 bits per heavy atom. The lowest BCUT2D eigenvalue weighted by Gasteiger charge is -2.33. The van der Waals surface area contributed by atoms with E-state index in [1.165, 1.54) is 6.20 Å². The highest BCUT2D eigenvalue weighted by atomic mass is 35.5. The van der Waals surface area contributed by atoms with Crippen LogP contribution in [0.15, 0.2) is 42.6 Å². The van der Waals surface area contributed by atoms with E-state index in [1.807, 2.05) is 12.1 Å². The number of nitrogens with zero attached hydrogens (tertiary/aromatic N) is 3. The van der Waals surface area contributed by atoms with E-state index in [9.17, 15) is 18.4 Å². The number of nitrogens with one attached hydrogen (secondary N) is 3. The molecule has 4 rings (SSSR count). The summed E-state index contributed by atoms with van der Waals surface area (Å²) in [5.74, 6) is -2.72. The Labute approximate surface area is 187 Å². The highest BCUT2D eigenvalue weighted by Gasteiger charge is 2.25. The topological polar surface area (TPSA) is 103 Å². The van der Waals surface area contributed by atoms with Crippen molar-refractivity contribution in [3.05, 3.63) is 70.6 Å². The van der Waals surface area contributed by atoms with Crippen LogP contribution in [-0.2, 0) is 0 Å². The molecule has 3 heterocycles. The lowest BCUT2D eigenvalue weighted by Crippen LogP contribution is -2.45. The van der Waals surface area contributed by atoms with E-state index in [2.05, 4.69) is 30.7 Å². The van der Waals surface area contributed by atoms with Gasteiger partial charge in [-0.1, -0.05) is 23.7 Å². The minimum absolute atomic E-state index is 0.00552. The number of hydrogen-bond acceptors (Lipinski definition) is 5. The van der Waals surface area contributed by atoms with E-state index in [0.717, 1.165) is 24.0 Å². The normalized spacial score (nSPS) is 14.3. The van der Waals surface area contributed by atoms with Gasteiger partial charge in [0, 0.05) is 19.1 Å². The maximum absolute atomic E-state index is 13.9. The monoisotopic (exact) mass is 460 g/mol. The number of amides is 2. The second-order valence-corrected chi connectivity index (χ2v) is 7.65. The van der Waals surface area contributed by atoms with Crippen LogP contribution in [0.2, 0.25) is 5.15 Å². The van der Waals surface area contributed by atoms with Gasteiger partial charge in [-0.05, 0) is 37.1 Å². The minimum Gasteiger partial charge on any atom is -0.356 e. The lowest BCUT2D eigenvalue weighted by molar-refractivity contribution is 0.0927. The molecule has 32 heavy (non-hydrogen) atoms. The molecule has 8 nitrogen and oxygen atoms in total. The van der Waals surface area contributed by atoms with E-state index in [0.29, 0.717) is 31.1 Å². The summed E-state index contributed by atoms with van der Waals surface area (Å²) < 4.78 is 27.7. The number of halogens is 3. The number of hydrogen-bond donors (Lipinski definition) is 3. The van der Waals surface area contributed by atoms with Crippen LogP contribution in [0.5, 0.6) is 0 Å². The molecule has 11 heteroatoms. The Hall–Kier alpha value is -3.53. The summed E-state index contributed by atoms with van der Waals surface area (Å²) in [7, 11) is 0. The van der Waals surface area contributed by atoms with Crippen LogP contribution in [0, 0.1) is 11.6 Å². The highest BCUT2D eigenvalue weighted by Crippen LogP contribution is 2.21. The second kappa shape index (κ2) is 9.31. The molecule has 1 fully saturated rings. The smallest absolute Gasteiger partial charge is 0.271 e. The van der Waals surface area contributed by atoms with Crippen molar-refractivity contribution < 1.29 is 18.4 Å². The van der Waals surface area contributed by atoms with Gasteiger partial charge in [0.2, 0.25) is 0 Å². The number of benzene rings is 1. The van der Waals surface area contributed by atoms with Crippen LogP contribution in [-0.4, -0.2) is 46.1 Å². The summed E-state index contributed by atoms with van der Waals surface area (Å²) in [4.78, 5) is 31.4. The van der Waals surface area contributed by atoms with Crippen LogP contribution in [0.25, 0.3) is 0 Å². The SMILES string of the molecule is O=C(NC1CCN(c2cccc(Cl)n2)CC1)c1[nH]ncc1NC(=O)c1c(F)cccc1F. The summed E-state index contributed by atoms with van der Waals surface area (Å²) in [6.45, 7) is 1.36. The molecule has 166 valence electrons. The van der Waals surface area contributed by atoms with Gasteiger partial charge in [0.15, 0.2) is 0 Å². The van der Waals surface area contributed by atoms with E-state index in [1.54, 1.807) is 6.07 Å². The first-order chi connectivity index (χ1) is 15.4. The van der Waals surface area contributed by atoms with Crippen LogP contribution < -0.4 is 15.5 Å². The van der Waals surface area contributed by atoms with E-state index >= 15 is 0 Å². The Morgan fingerprint density at radius 1 is 1.06 bits per heavy atom. The molecule has 3 N–H and O–H groups in total. The Kier molecular flexibility index (Phi) is 6.31. The third-order valence-corrected chi connectivity index (χ3v) is 5.37. The summed E-state index contributed by atoms with van der Waals surface area (Å²) >= 11 is 5.95. The molecular weight excluding hydrogens is 442 g/mol. The molecule has 0 bridgehead atoms. The number of aromatic nitrogens is 3. The van der Waals surface area contributed by atoms with Crippen molar-refractivity contribution in [3.63, 3.8) is 0 Å². The maximum Gasteiger partial charge on any atom is 0.271 e. The van der Waals surface area contributed by atoms with Gasteiger partial charge in [-0.25, -0.2) is 13.8 Å². The molecule has 0 radical (unpaired) electrons. The van der Waals surface area contributed by atoms with Crippen LogP contribution in [0.1, 0.15) is 33.7 Å². The molecular formula is C21H19ClF2N6O2. The molecule has 2 aromatic heterocycles. The number of piperidine rings is 1. The van der Waals surface area contributed by atoms with Crippen LogP contribution in [0.3, 0.4) is 0 Å². The summed E-state index contributed by atoms with van der Waals surface area (Å²) in [6.07, 6.45) is 2.56. The van der Waals surface area contributed by atoms with Crippen LogP contribution >= 0.6 is 11.6 Å². The number of H-pyrrole nitrogens is 1. The standard InChI is InChI=1S/C21H19ClF2N6O2/c22-16-5-2-6-17(28-16)30-9-7-12(8-10-30)26-21(32)19-15(11-25-29-19)27-20(31)18-13(23)3-1-4-14(18)24/h1-6,11-12H,7-10H2,(H,25,29)(H,26,32)(H,27,31). The summed E-state index contributed by atoms with van der Waals surface area (Å²) in [5.41, 5.74) is -0.716. The van der Waals surface area contributed by atoms with Crippen molar-refractivity contribution in [3.8, 4) is 0 Å². The van der Waals surface area contributed by atoms with Gasteiger partial charge in [-0.15, -0.1) is 0 Å². The molecule has 3 aromatic rings. The number of carbonyl (C=O) groups is 2. The van der Waals surface area contributed by atoms with Gasteiger partial charge < -0.3 is 15.5 Å². The fraction of sp³-hybridized carbons (Fsp3) is 0.238. The van der Waals surface area contributed by atoms with Crippen molar-refractivity contribution in [2.45, 2.75) is 18.9 Å². The summed E-state index contributed by atoms with van der Waals surface area (Å²) in [5, 5.41) is 11.9. The Balaban J connectivity index is 1.37. The number of pyridine rings is 1. The van der Waals surface area contributed by atoms with E-state index < -0.39 is 29.0 Å². The van der Waals surface area contributed by atoms with Gasteiger partial charge in [-0.2, -0.15) is 5.10 Å². The van der Waals surface area contributed by atoms with Crippen molar-refractivity contribution in [2.75, 3.05) is 23.3 Å². The third kappa shape index (κ3) is 4.70. The molecule has 1 saturated heterocycles. The van der Waals surface area contributed by atoms with E-state index in [4.69, 9.17) is 11.6 Å². The Bertz CT molecular complexity index is 1130. The van der Waals surface area contributed by atoms with Crippen LogP contribution in [0.4, 0.5) is 20.3 Å². The first-order valence-corrected chi connectivity index (χ1v) is 10.3. The fourth-order valence-electron chi connectivity index (χ4n) is 3.54. The molecule has 0 unspecified atom stereocenters. The molecule has 1 aromatic carbocycles. The lowest BCUT2D eigenvalue weighted by atomic mass is 10.0.